The highest BCUT2D eigenvalue weighted by molar-refractivity contribution is 6.33. The lowest BCUT2D eigenvalue weighted by Crippen LogP contribution is -2.51. The van der Waals surface area contributed by atoms with Crippen LogP contribution in [-0.4, -0.2) is 82.2 Å². The van der Waals surface area contributed by atoms with Crippen LogP contribution in [0.15, 0.2) is 53.3 Å². The van der Waals surface area contributed by atoms with Gasteiger partial charge >= 0.3 is 6.18 Å². The van der Waals surface area contributed by atoms with Crippen LogP contribution in [0.4, 0.5) is 24.5 Å². The van der Waals surface area contributed by atoms with Gasteiger partial charge in [0.05, 0.1) is 46.3 Å². The Balaban J connectivity index is 1.14. The lowest BCUT2D eigenvalue weighted by molar-refractivity contribution is -0.137. The van der Waals surface area contributed by atoms with Gasteiger partial charge in [-0.15, -0.1) is 10.2 Å². The highest BCUT2D eigenvalue weighted by atomic mass is 35.5. The average molecular weight is 777 g/mol. The molecule has 3 aromatic heterocycles. The van der Waals surface area contributed by atoms with E-state index in [1.165, 1.54) is 16.8 Å². The summed E-state index contributed by atoms with van der Waals surface area (Å²) < 4.78 is 49.5. The molecule has 5 heterocycles. The molecule has 1 fully saturated rings. The summed E-state index contributed by atoms with van der Waals surface area (Å²) in [4.78, 5) is 49.7. The number of hydrogen-bond donors (Lipinski definition) is 2. The molecule has 0 bridgehead atoms. The molecule has 2 aliphatic heterocycles. The van der Waals surface area contributed by atoms with Crippen molar-refractivity contribution in [3.05, 3.63) is 91.9 Å². The quantitative estimate of drug-likeness (QED) is 0.237. The third-order valence-electron chi connectivity index (χ3n) is 9.85. The number of rotatable bonds is 7. The van der Waals surface area contributed by atoms with E-state index in [1.54, 1.807) is 16.5 Å². The van der Waals surface area contributed by atoms with Crippen LogP contribution in [0.25, 0.3) is 28.2 Å². The standard InChI is InChI=1S/C36H32ClF3N10O5/c1-3-27-31(47-8-10-48(11-9-47)33(53)23-14-26-28(15-29(23)51)46(2)45-43-26)34(54)50-35(42-32(44-50)19-4-5-20-17-55-18-21(20)12-19)49(27)16-30(52)41-25-7-6-22(13-24(25)37)36(38,39)40/h4-7,12-15,51H,3,8-11,16-18H2,1-2H3,(H,41,52). The van der Waals surface area contributed by atoms with Crippen LogP contribution in [0.3, 0.4) is 0 Å². The molecule has 0 radical (unpaired) electrons. The summed E-state index contributed by atoms with van der Waals surface area (Å²) in [6.07, 6.45) is -4.34. The smallest absolute Gasteiger partial charge is 0.416 e. The lowest BCUT2D eigenvalue weighted by Gasteiger charge is -2.37. The zero-order valence-electron chi connectivity index (χ0n) is 29.4. The number of aryl methyl sites for hydroxylation is 1. The molecule has 0 atom stereocenters. The van der Waals surface area contributed by atoms with Gasteiger partial charge in [-0.05, 0) is 47.9 Å². The van der Waals surface area contributed by atoms with E-state index >= 15 is 0 Å². The summed E-state index contributed by atoms with van der Waals surface area (Å²) in [5, 5.41) is 25.6. The van der Waals surface area contributed by atoms with Crippen LogP contribution in [0.1, 0.15) is 39.7 Å². The Hall–Kier alpha value is -6.01. The molecule has 15 nitrogen and oxygen atoms in total. The van der Waals surface area contributed by atoms with E-state index in [0.717, 1.165) is 33.8 Å². The van der Waals surface area contributed by atoms with Gasteiger partial charge in [0.1, 0.15) is 23.5 Å². The maximum atomic E-state index is 14.4. The molecule has 19 heteroatoms. The first-order valence-electron chi connectivity index (χ1n) is 17.3. The van der Waals surface area contributed by atoms with Crippen molar-refractivity contribution in [2.75, 3.05) is 36.4 Å². The van der Waals surface area contributed by atoms with Crippen molar-refractivity contribution >= 4 is 51.6 Å². The van der Waals surface area contributed by atoms with Gasteiger partial charge in [-0.2, -0.15) is 22.7 Å². The molecule has 55 heavy (non-hydrogen) atoms. The first-order valence-corrected chi connectivity index (χ1v) is 17.6. The van der Waals surface area contributed by atoms with Crippen molar-refractivity contribution in [2.24, 2.45) is 7.05 Å². The summed E-state index contributed by atoms with van der Waals surface area (Å²) >= 11 is 6.15. The number of hydrogen-bond acceptors (Lipinski definition) is 10. The Labute approximate surface area is 314 Å². The molecule has 6 aromatic rings. The predicted octanol–water partition coefficient (Wildman–Crippen LogP) is 4.41. The number of ether oxygens (including phenoxy) is 1. The molecule has 0 unspecified atom stereocenters. The van der Waals surface area contributed by atoms with Gasteiger partial charge in [-0.25, -0.2) is 4.68 Å². The van der Waals surface area contributed by atoms with Crippen molar-refractivity contribution in [2.45, 2.75) is 39.3 Å². The number of carbonyl (C=O) groups is 2. The number of carbonyl (C=O) groups excluding carboxylic acids is 2. The topological polar surface area (TPSA) is 165 Å². The third kappa shape index (κ3) is 6.50. The number of nitrogens with zero attached hydrogens (tertiary/aromatic N) is 9. The Morgan fingerprint density at radius 1 is 1.02 bits per heavy atom. The van der Waals surface area contributed by atoms with Gasteiger partial charge in [-0.3, -0.25) is 14.4 Å². The first kappa shape index (κ1) is 36.0. The number of nitrogens with one attached hydrogen (secondary N) is 1. The lowest BCUT2D eigenvalue weighted by atomic mass is 10.1. The molecule has 0 spiro atoms. The number of aromatic nitrogens is 7. The van der Waals surface area contributed by atoms with E-state index in [2.05, 4.69) is 20.7 Å². The molecule has 284 valence electrons. The summed E-state index contributed by atoms with van der Waals surface area (Å²) in [5.74, 6) is -0.938. The zero-order valence-corrected chi connectivity index (χ0v) is 30.1. The molecule has 1 saturated heterocycles. The molecule has 3 aromatic carbocycles. The number of phenolic OH excluding ortho intramolecular Hbond substituents is 1. The molecular weight excluding hydrogens is 745 g/mol. The molecule has 2 amide bonds. The number of aromatic hydroxyl groups is 1. The summed E-state index contributed by atoms with van der Waals surface area (Å²) in [7, 11) is 1.68. The predicted molar refractivity (Wildman–Crippen MR) is 194 cm³/mol. The van der Waals surface area contributed by atoms with Crippen LogP contribution in [0.2, 0.25) is 5.02 Å². The molecule has 0 saturated carbocycles. The number of halogens is 4. The van der Waals surface area contributed by atoms with Gasteiger partial charge in [-0.1, -0.05) is 35.9 Å². The van der Waals surface area contributed by atoms with Gasteiger partial charge in [0.15, 0.2) is 5.82 Å². The van der Waals surface area contributed by atoms with Gasteiger partial charge in [0.2, 0.25) is 11.7 Å². The van der Waals surface area contributed by atoms with Crippen LogP contribution in [0.5, 0.6) is 5.75 Å². The van der Waals surface area contributed by atoms with E-state index in [-0.39, 0.29) is 71.9 Å². The number of benzene rings is 3. The second kappa shape index (κ2) is 13.7. The second-order valence-corrected chi connectivity index (χ2v) is 13.7. The molecular formula is C36H32ClF3N10O5. The summed E-state index contributed by atoms with van der Waals surface area (Å²) in [5.41, 5.74) is 2.96. The maximum Gasteiger partial charge on any atom is 0.416 e. The Morgan fingerprint density at radius 3 is 2.51 bits per heavy atom. The van der Waals surface area contributed by atoms with E-state index < -0.39 is 35.7 Å². The SMILES string of the molecule is CCc1c(N2CCN(C(=O)c3cc4nnn(C)c4cc3O)CC2)c(=O)n2nc(-c3ccc4c(c3)COC4)nc2n1CC(=O)Nc1ccc(C(F)(F)F)cc1Cl. The van der Waals surface area contributed by atoms with Gasteiger partial charge in [0, 0.05) is 44.9 Å². The fourth-order valence-corrected chi connectivity index (χ4v) is 7.26. The van der Waals surface area contributed by atoms with E-state index in [0.29, 0.717) is 35.5 Å². The normalized spacial score (nSPS) is 14.6. The van der Waals surface area contributed by atoms with Crippen molar-refractivity contribution in [1.82, 2.24) is 39.1 Å². The Kier molecular flexibility index (Phi) is 8.96. The number of phenols is 1. The van der Waals surface area contributed by atoms with Crippen molar-refractivity contribution < 1.29 is 32.6 Å². The summed E-state index contributed by atoms with van der Waals surface area (Å²) in [6.45, 7) is 3.18. The van der Waals surface area contributed by atoms with Gasteiger partial charge in [0.25, 0.3) is 11.5 Å². The highest BCUT2D eigenvalue weighted by Gasteiger charge is 2.32. The van der Waals surface area contributed by atoms with Crippen LogP contribution >= 0.6 is 11.6 Å². The Bertz CT molecular complexity index is 2590. The van der Waals surface area contributed by atoms with Crippen molar-refractivity contribution in [3.8, 4) is 17.1 Å². The largest absolute Gasteiger partial charge is 0.507 e. The molecule has 0 aliphatic carbocycles. The van der Waals surface area contributed by atoms with Crippen molar-refractivity contribution in [1.29, 1.82) is 0 Å². The molecule has 2 N–H and O–H groups in total. The van der Waals surface area contributed by atoms with E-state index in [4.69, 9.17) is 21.3 Å². The third-order valence-corrected chi connectivity index (χ3v) is 10.2. The number of fused-ring (bicyclic) bond motifs is 3. The Morgan fingerprint density at radius 2 is 1.78 bits per heavy atom. The molecule has 2 aliphatic rings. The van der Waals surface area contributed by atoms with Crippen molar-refractivity contribution in [3.63, 3.8) is 0 Å². The monoisotopic (exact) mass is 776 g/mol. The van der Waals surface area contributed by atoms with E-state index in [1.807, 2.05) is 30.0 Å². The number of amides is 2. The fourth-order valence-electron chi connectivity index (χ4n) is 7.03. The first-order chi connectivity index (χ1) is 26.3. The fraction of sp³-hybridized carbons (Fsp3) is 0.306. The number of piperazine rings is 1. The number of alkyl halides is 3. The minimum atomic E-state index is -4.62. The highest BCUT2D eigenvalue weighted by Crippen LogP contribution is 2.34. The maximum absolute atomic E-state index is 14.4. The molecule has 8 rings (SSSR count). The van der Waals surface area contributed by atoms with Crippen LogP contribution in [-0.2, 0) is 48.9 Å². The van der Waals surface area contributed by atoms with E-state index in [9.17, 15) is 32.7 Å². The van der Waals surface area contributed by atoms with Crippen LogP contribution < -0.4 is 15.8 Å². The average Bonchev–Trinajstić information content (AvgIpc) is 3.91. The van der Waals surface area contributed by atoms with Gasteiger partial charge < -0.3 is 29.5 Å². The zero-order chi connectivity index (χ0) is 38.8. The minimum absolute atomic E-state index is 0.0252. The van der Waals surface area contributed by atoms with Crippen LogP contribution in [0, 0.1) is 0 Å². The minimum Gasteiger partial charge on any atom is -0.507 e. The second-order valence-electron chi connectivity index (χ2n) is 13.3. The summed E-state index contributed by atoms with van der Waals surface area (Å²) in [6, 6.07) is 11.2. The number of anilines is 2.